The first-order valence-electron chi connectivity index (χ1n) is 5.40. The maximum Gasteiger partial charge on any atom is 0.543 e. The molecule has 0 aliphatic heterocycles. The Morgan fingerprint density at radius 3 is 1.89 bits per heavy atom. The van der Waals surface area contributed by atoms with E-state index in [1.165, 1.54) is 21.3 Å². The van der Waals surface area contributed by atoms with Crippen molar-refractivity contribution >= 4 is 25.3 Å². The van der Waals surface area contributed by atoms with Crippen molar-refractivity contribution in [2.75, 3.05) is 28.4 Å². The lowest BCUT2D eigenvalue weighted by Gasteiger charge is -2.30. The van der Waals surface area contributed by atoms with Crippen LogP contribution < -0.4 is 0 Å². The molecule has 0 saturated heterocycles. The minimum atomic E-state index is -2.92. The Balaban J connectivity index is 0. The van der Waals surface area contributed by atoms with Crippen molar-refractivity contribution in [3.8, 4) is 0 Å². The van der Waals surface area contributed by atoms with Crippen molar-refractivity contribution in [2.24, 2.45) is 0 Å². The summed E-state index contributed by atoms with van der Waals surface area (Å²) in [6.07, 6.45) is 1.66. The molecule has 8 heteroatoms. The monoisotopic (exact) mass is 296 g/mol. The molecule has 1 unspecified atom stereocenters. The van der Waals surface area contributed by atoms with E-state index in [-0.39, 0.29) is 0 Å². The summed E-state index contributed by atoms with van der Waals surface area (Å²) in [5.74, 6) is -0.509. The first kappa shape index (κ1) is 19.8. The molecule has 1 atom stereocenters. The molecule has 0 aliphatic carbocycles. The van der Waals surface area contributed by atoms with Crippen LogP contribution in [0.2, 0.25) is 0 Å². The summed E-state index contributed by atoms with van der Waals surface area (Å²) in [4.78, 5) is 11.1. The van der Waals surface area contributed by atoms with Gasteiger partial charge in [-0.15, -0.1) is 0 Å². The van der Waals surface area contributed by atoms with Gasteiger partial charge in [0.25, 0.3) is 0 Å². The highest BCUT2D eigenvalue weighted by molar-refractivity contribution is 6.62. The Hall–Kier alpha value is -0.516. The number of rotatable bonds is 7. The van der Waals surface area contributed by atoms with Gasteiger partial charge in [-0.2, -0.15) is 0 Å². The van der Waals surface area contributed by atoms with Crippen LogP contribution in [0, 0.1) is 0 Å². The smallest absolute Gasteiger partial charge is 0.455 e. The van der Waals surface area contributed by atoms with Gasteiger partial charge in [0.05, 0.1) is 0 Å². The summed E-state index contributed by atoms with van der Waals surface area (Å²) in [7, 11) is 4.07. The van der Waals surface area contributed by atoms with Gasteiger partial charge in [0.2, 0.25) is 0 Å². The van der Waals surface area contributed by atoms with Crippen molar-refractivity contribution in [2.45, 2.75) is 19.1 Å². The van der Waals surface area contributed by atoms with Crippen LogP contribution in [0.4, 0.5) is 0 Å². The fourth-order valence-electron chi connectivity index (χ4n) is 1.24. The Labute approximate surface area is 113 Å². The molecule has 108 valence electrons. The van der Waals surface area contributed by atoms with Gasteiger partial charge in [0, 0.05) is 34.5 Å². The summed E-state index contributed by atoms with van der Waals surface area (Å²) in [6, 6.07) is 0. The van der Waals surface area contributed by atoms with Crippen molar-refractivity contribution < 1.29 is 27.2 Å². The Kier molecular flexibility index (Phi) is 12.7. The summed E-state index contributed by atoms with van der Waals surface area (Å²) in [5, 5.41) is 0. The molecule has 0 rings (SSSR count). The molecule has 0 aromatic rings. The normalized spacial score (nSPS) is 12.3. The molecule has 0 spiro atoms. The molecule has 0 saturated carbocycles. The predicted molar refractivity (Wildman–Crippen MR) is 74.1 cm³/mol. The van der Waals surface area contributed by atoms with Crippen LogP contribution in [-0.4, -0.2) is 59.4 Å². The van der Waals surface area contributed by atoms with Crippen molar-refractivity contribution in [3.63, 3.8) is 0 Å². The van der Waals surface area contributed by atoms with Gasteiger partial charge < -0.3 is 22.4 Å². The van der Waals surface area contributed by atoms with Gasteiger partial charge in [-0.25, -0.2) is 4.79 Å². The largest absolute Gasteiger partial charge is 0.543 e. The lowest BCUT2D eigenvalue weighted by Crippen LogP contribution is -2.55. The second kappa shape index (κ2) is 11.6. The van der Waals surface area contributed by atoms with E-state index in [0.717, 1.165) is 16.6 Å². The molecular weight excluding hydrogens is 272 g/mol. The number of carbonyl (C=O) groups is 1. The van der Waals surface area contributed by atoms with E-state index in [2.05, 4.69) is 11.0 Å². The summed E-state index contributed by atoms with van der Waals surface area (Å²) in [5.41, 5.74) is -0.511. The molecular formula is C10H24O6Si2. The zero-order valence-electron chi connectivity index (χ0n) is 12.0. The first-order valence-corrected chi connectivity index (χ1v) is 8.02. The molecule has 0 aromatic carbocycles. The van der Waals surface area contributed by atoms with Crippen LogP contribution in [0.25, 0.3) is 0 Å². The molecule has 0 bridgehead atoms. The highest BCUT2D eigenvalue weighted by atomic mass is 28.4. The van der Waals surface area contributed by atoms with Crippen LogP contribution in [0.3, 0.4) is 0 Å². The van der Waals surface area contributed by atoms with Gasteiger partial charge in [0.15, 0.2) is 5.73 Å². The minimum absolute atomic E-state index is 0.509. The molecule has 0 N–H and O–H groups in total. The third kappa shape index (κ3) is 6.43. The summed E-state index contributed by atoms with van der Waals surface area (Å²) < 4.78 is 25.2. The topological polar surface area (TPSA) is 63.2 Å². The summed E-state index contributed by atoms with van der Waals surface area (Å²) >= 11 is 0. The predicted octanol–water partition coefficient (Wildman–Crippen LogP) is -0.175. The van der Waals surface area contributed by atoms with E-state index in [1.54, 1.807) is 7.11 Å². The molecule has 0 aromatic heterocycles. The molecule has 0 radical (unpaired) electrons. The molecule has 0 heterocycles. The number of hydrogen-bond acceptors (Lipinski definition) is 6. The van der Waals surface area contributed by atoms with Gasteiger partial charge in [0.1, 0.15) is 10.5 Å². The number of carbonyl (C=O) groups excluding carboxylic acids is 1. The Morgan fingerprint density at radius 2 is 1.67 bits per heavy atom. The number of ether oxygens (including phenoxy) is 1. The second-order valence-electron chi connectivity index (χ2n) is 3.16. The van der Waals surface area contributed by atoms with Crippen LogP contribution in [0.15, 0.2) is 12.7 Å². The lowest BCUT2D eigenvalue weighted by atomic mass is 10.5. The average Bonchev–Trinajstić information content (AvgIpc) is 2.40. The van der Waals surface area contributed by atoms with Crippen LogP contribution in [-0.2, 0) is 27.2 Å². The third-order valence-corrected chi connectivity index (χ3v) is 5.07. The maximum atomic E-state index is 11.1. The van der Waals surface area contributed by atoms with Crippen molar-refractivity contribution in [1.29, 1.82) is 0 Å². The molecule has 0 aliphatic rings. The zero-order chi connectivity index (χ0) is 14.6. The molecule has 18 heavy (non-hydrogen) atoms. The van der Waals surface area contributed by atoms with E-state index >= 15 is 0 Å². The fourth-order valence-corrected chi connectivity index (χ4v) is 3.29. The quantitative estimate of drug-likeness (QED) is 0.369. The number of esters is 1. The van der Waals surface area contributed by atoms with Crippen LogP contribution in [0.1, 0.15) is 13.3 Å². The maximum absolute atomic E-state index is 11.1. The lowest BCUT2D eigenvalue weighted by molar-refractivity contribution is -0.142. The van der Waals surface area contributed by atoms with Crippen molar-refractivity contribution in [1.82, 2.24) is 0 Å². The standard InChI is InChI=1S/C9H18O5Si.CH6OSi/c1-6-8(10)14-9(7-2)15(11-3,12-4)13-5;1-2-3/h6,9H,1,7H2,2-5H3;1,3H3. The Morgan fingerprint density at radius 1 is 1.28 bits per heavy atom. The van der Waals surface area contributed by atoms with Gasteiger partial charge in [-0.05, 0) is 6.42 Å². The third-order valence-electron chi connectivity index (χ3n) is 2.04. The van der Waals surface area contributed by atoms with E-state index in [4.69, 9.17) is 18.0 Å². The van der Waals surface area contributed by atoms with E-state index < -0.39 is 20.5 Å². The van der Waals surface area contributed by atoms with Crippen LogP contribution >= 0.6 is 0 Å². The van der Waals surface area contributed by atoms with Gasteiger partial charge >= 0.3 is 14.8 Å². The van der Waals surface area contributed by atoms with Crippen molar-refractivity contribution in [3.05, 3.63) is 12.7 Å². The van der Waals surface area contributed by atoms with Crippen LogP contribution in [0.5, 0.6) is 0 Å². The second-order valence-corrected chi connectivity index (χ2v) is 7.05. The first-order chi connectivity index (χ1) is 8.51. The molecule has 0 amide bonds. The summed E-state index contributed by atoms with van der Waals surface area (Å²) in [6.45, 7) is 5.19. The molecule has 0 fully saturated rings. The number of hydrogen-bond donors (Lipinski definition) is 0. The zero-order valence-corrected chi connectivity index (χ0v) is 15.0. The van der Waals surface area contributed by atoms with Gasteiger partial charge in [-0.3, -0.25) is 0 Å². The van der Waals surface area contributed by atoms with Gasteiger partial charge in [-0.1, -0.05) is 13.5 Å². The van der Waals surface area contributed by atoms with E-state index in [1.807, 2.05) is 6.92 Å². The highest BCUT2D eigenvalue weighted by Gasteiger charge is 2.49. The highest BCUT2D eigenvalue weighted by Crippen LogP contribution is 2.18. The van der Waals surface area contributed by atoms with E-state index in [9.17, 15) is 4.79 Å². The Bertz CT molecular complexity index is 224. The SMILES string of the molecule is C=CC(=O)OC(CC)[Si](OC)(OC)OC.CO[SiH3]. The minimum Gasteiger partial charge on any atom is -0.455 e. The average molecular weight is 296 g/mol. The molecule has 6 nitrogen and oxygen atoms in total. The fraction of sp³-hybridized carbons (Fsp3) is 0.700. The van der Waals surface area contributed by atoms with E-state index in [0.29, 0.717) is 6.42 Å².